The lowest BCUT2D eigenvalue weighted by Crippen LogP contribution is -3.28. The van der Waals surface area contributed by atoms with Crippen LogP contribution in [0, 0.1) is 5.92 Å². The number of nitrogens with zero attached hydrogens (tertiary/aromatic N) is 1. The SMILES string of the molecule is C[C@H](NC(=O)C[NH+]1CC[NH+](Cc2nc3ccccc3s2)CC1)C1CC1. The molecule has 5 nitrogen and oxygen atoms in total. The maximum Gasteiger partial charge on any atom is 0.275 e. The molecule has 1 aromatic heterocycles. The number of piperazine rings is 1. The lowest BCUT2D eigenvalue weighted by atomic mass is 10.2. The number of nitrogens with one attached hydrogen (secondary N) is 3. The van der Waals surface area contributed by atoms with Crippen molar-refractivity contribution < 1.29 is 14.6 Å². The van der Waals surface area contributed by atoms with Crippen molar-refractivity contribution in [2.24, 2.45) is 5.92 Å². The fourth-order valence-corrected chi connectivity index (χ4v) is 4.81. The van der Waals surface area contributed by atoms with Crippen LogP contribution < -0.4 is 15.1 Å². The molecule has 1 aliphatic heterocycles. The van der Waals surface area contributed by atoms with E-state index in [2.05, 4.69) is 36.5 Å². The third-order valence-corrected chi connectivity index (χ3v) is 6.57. The molecule has 0 unspecified atom stereocenters. The number of aromatic nitrogens is 1. The van der Waals surface area contributed by atoms with Crippen LogP contribution in [0.15, 0.2) is 24.3 Å². The van der Waals surface area contributed by atoms with Gasteiger partial charge in [-0.05, 0) is 37.8 Å². The molecule has 2 aromatic rings. The molecule has 1 amide bonds. The van der Waals surface area contributed by atoms with Crippen LogP contribution in [0.25, 0.3) is 10.2 Å². The van der Waals surface area contributed by atoms with Crippen molar-refractivity contribution in [1.82, 2.24) is 10.3 Å². The molecule has 2 heterocycles. The molecule has 4 rings (SSSR count). The van der Waals surface area contributed by atoms with Crippen molar-refractivity contribution in [1.29, 1.82) is 0 Å². The third kappa shape index (κ3) is 4.37. The van der Waals surface area contributed by atoms with Crippen LogP contribution in [0.3, 0.4) is 0 Å². The minimum Gasteiger partial charge on any atom is -0.348 e. The summed E-state index contributed by atoms with van der Waals surface area (Å²) < 4.78 is 1.28. The van der Waals surface area contributed by atoms with Gasteiger partial charge in [-0.3, -0.25) is 4.79 Å². The molecule has 3 N–H and O–H groups in total. The normalized spacial score (nSPS) is 25.0. The van der Waals surface area contributed by atoms with E-state index in [9.17, 15) is 4.79 Å². The Bertz CT molecular complexity index is 701. The Labute approximate surface area is 153 Å². The van der Waals surface area contributed by atoms with E-state index in [0.717, 1.165) is 44.2 Å². The van der Waals surface area contributed by atoms with Crippen molar-refractivity contribution in [3.8, 4) is 0 Å². The third-order valence-electron chi connectivity index (χ3n) is 5.53. The highest BCUT2D eigenvalue weighted by Crippen LogP contribution is 2.32. The van der Waals surface area contributed by atoms with E-state index in [1.807, 2.05) is 11.3 Å². The van der Waals surface area contributed by atoms with Crippen molar-refractivity contribution >= 4 is 27.5 Å². The van der Waals surface area contributed by atoms with E-state index < -0.39 is 0 Å². The van der Waals surface area contributed by atoms with Crippen LogP contribution in [0.4, 0.5) is 0 Å². The standard InChI is InChI=1S/C19H26N4OS/c1-14(15-6-7-15)20-18(24)12-22-8-10-23(11-9-22)13-19-21-16-4-2-3-5-17(16)25-19/h2-5,14-15H,6-13H2,1H3,(H,20,24)/p+2/t14-/m0/s1. The molecule has 6 heteroatoms. The smallest absolute Gasteiger partial charge is 0.275 e. The Balaban J connectivity index is 1.23. The summed E-state index contributed by atoms with van der Waals surface area (Å²) in [5.41, 5.74) is 1.12. The molecule has 0 bridgehead atoms. The van der Waals surface area contributed by atoms with E-state index >= 15 is 0 Å². The largest absolute Gasteiger partial charge is 0.348 e. The molecule has 1 aromatic carbocycles. The Morgan fingerprint density at radius 3 is 2.68 bits per heavy atom. The predicted octanol–water partition coefficient (Wildman–Crippen LogP) is -0.506. The zero-order valence-corrected chi connectivity index (χ0v) is 15.7. The molecule has 1 atom stereocenters. The van der Waals surface area contributed by atoms with Crippen LogP contribution >= 0.6 is 11.3 Å². The summed E-state index contributed by atoms with van der Waals surface area (Å²) >= 11 is 1.81. The number of carbonyl (C=O) groups is 1. The molecule has 1 saturated heterocycles. The number of carbonyl (C=O) groups excluding carboxylic acids is 1. The first-order chi connectivity index (χ1) is 12.2. The van der Waals surface area contributed by atoms with Crippen molar-refractivity contribution in [2.45, 2.75) is 32.4 Å². The van der Waals surface area contributed by atoms with Gasteiger partial charge in [-0.2, -0.15) is 0 Å². The van der Waals surface area contributed by atoms with E-state index in [1.54, 1.807) is 4.90 Å². The maximum absolute atomic E-state index is 12.2. The molecule has 25 heavy (non-hydrogen) atoms. The van der Waals surface area contributed by atoms with Crippen molar-refractivity contribution in [2.75, 3.05) is 32.7 Å². The molecule has 1 aliphatic carbocycles. The summed E-state index contributed by atoms with van der Waals surface area (Å²) in [6, 6.07) is 8.73. The second-order valence-electron chi connectivity index (χ2n) is 7.62. The molecule has 2 fully saturated rings. The van der Waals surface area contributed by atoms with Gasteiger partial charge in [0.1, 0.15) is 37.7 Å². The topological polar surface area (TPSA) is 50.9 Å². The van der Waals surface area contributed by atoms with Gasteiger partial charge in [0.15, 0.2) is 6.54 Å². The summed E-state index contributed by atoms with van der Waals surface area (Å²) in [5.74, 6) is 0.957. The summed E-state index contributed by atoms with van der Waals surface area (Å²) in [5, 5.41) is 4.41. The van der Waals surface area contributed by atoms with Crippen LogP contribution in [-0.4, -0.2) is 49.7 Å². The van der Waals surface area contributed by atoms with Gasteiger partial charge in [0.25, 0.3) is 5.91 Å². The molecule has 134 valence electrons. The van der Waals surface area contributed by atoms with Crippen LogP contribution in [0.2, 0.25) is 0 Å². The first-order valence-electron chi connectivity index (χ1n) is 9.48. The number of amides is 1. The number of rotatable bonds is 6. The summed E-state index contributed by atoms with van der Waals surface area (Å²) in [6.45, 7) is 8.18. The van der Waals surface area contributed by atoms with Gasteiger partial charge in [0, 0.05) is 6.04 Å². The number of quaternary nitrogens is 2. The highest BCUT2D eigenvalue weighted by atomic mass is 32.1. The quantitative estimate of drug-likeness (QED) is 0.650. The number of fused-ring (bicyclic) bond motifs is 1. The highest BCUT2D eigenvalue weighted by molar-refractivity contribution is 7.18. The number of hydrogen-bond donors (Lipinski definition) is 3. The minimum atomic E-state index is 0.226. The van der Waals surface area contributed by atoms with E-state index in [0.29, 0.717) is 12.6 Å². The lowest BCUT2D eigenvalue weighted by molar-refractivity contribution is -1.02. The number of thiazole rings is 1. The van der Waals surface area contributed by atoms with E-state index in [1.165, 1.54) is 27.4 Å². The minimum absolute atomic E-state index is 0.226. The molecule has 2 aliphatic rings. The number of benzene rings is 1. The fraction of sp³-hybridized carbons (Fsp3) is 0.579. The fourth-order valence-electron chi connectivity index (χ4n) is 3.77. The summed E-state index contributed by atoms with van der Waals surface area (Å²) in [7, 11) is 0. The van der Waals surface area contributed by atoms with Gasteiger partial charge in [-0.15, -0.1) is 11.3 Å². The summed E-state index contributed by atoms with van der Waals surface area (Å²) in [4.78, 5) is 20.0. The van der Waals surface area contributed by atoms with E-state index in [-0.39, 0.29) is 5.91 Å². The van der Waals surface area contributed by atoms with Crippen molar-refractivity contribution in [3.63, 3.8) is 0 Å². The Morgan fingerprint density at radius 2 is 1.96 bits per heavy atom. The molecular formula is C19H28N4OS+2. The summed E-state index contributed by atoms with van der Waals surface area (Å²) in [6.07, 6.45) is 2.56. The van der Waals surface area contributed by atoms with Gasteiger partial charge in [-0.25, -0.2) is 4.98 Å². The average molecular weight is 361 g/mol. The van der Waals surface area contributed by atoms with Crippen molar-refractivity contribution in [3.05, 3.63) is 29.3 Å². The van der Waals surface area contributed by atoms with E-state index in [4.69, 9.17) is 4.98 Å². The average Bonchev–Trinajstić information content (AvgIpc) is 3.37. The zero-order valence-electron chi connectivity index (χ0n) is 14.9. The molecule has 1 saturated carbocycles. The predicted molar refractivity (Wildman–Crippen MR) is 99.9 cm³/mol. The van der Waals surface area contributed by atoms with Gasteiger partial charge < -0.3 is 15.1 Å². The Kier molecular flexibility index (Phi) is 5.01. The molecular weight excluding hydrogens is 332 g/mol. The second-order valence-corrected chi connectivity index (χ2v) is 8.74. The Morgan fingerprint density at radius 1 is 1.24 bits per heavy atom. The number of hydrogen-bond acceptors (Lipinski definition) is 3. The Hall–Kier alpha value is -1.50. The second kappa shape index (κ2) is 7.40. The van der Waals surface area contributed by atoms with Gasteiger partial charge >= 0.3 is 0 Å². The van der Waals surface area contributed by atoms with Crippen LogP contribution in [-0.2, 0) is 11.3 Å². The van der Waals surface area contributed by atoms with Crippen LogP contribution in [0.5, 0.6) is 0 Å². The van der Waals surface area contributed by atoms with Gasteiger partial charge in [0.2, 0.25) is 0 Å². The zero-order chi connectivity index (χ0) is 17.2. The molecule has 0 spiro atoms. The first kappa shape index (κ1) is 16.9. The van der Waals surface area contributed by atoms with Gasteiger partial charge in [0.05, 0.1) is 10.2 Å². The number of para-hydroxylation sites is 1. The highest BCUT2D eigenvalue weighted by Gasteiger charge is 2.30. The first-order valence-corrected chi connectivity index (χ1v) is 10.3. The van der Waals surface area contributed by atoms with Gasteiger partial charge in [-0.1, -0.05) is 12.1 Å². The van der Waals surface area contributed by atoms with Crippen LogP contribution in [0.1, 0.15) is 24.8 Å². The monoisotopic (exact) mass is 360 g/mol. The molecule has 0 radical (unpaired) electrons. The maximum atomic E-state index is 12.2. The lowest BCUT2D eigenvalue weighted by Gasteiger charge is -2.29.